The van der Waals surface area contributed by atoms with E-state index in [4.69, 9.17) is 0 Å². The average Bonchev–Trinajstić information content (AvgIpc) is 2.75. The Morgan fingerprint density at radius 3 is 2.87 bits per heavy atom. The first-order valence-electron chi connectivity index (χ1n) is 8.23. The van der Waals surface area contributed by atoms with E-state index in [1.54, 1.807) is 0 Å². The van der Waals surface area contributed by atoms with Crippen LogP contribution in [0.1, 0.15) is 33.7 Å². The first-order valence-corrected chi connectivity index (χ1v) is 8.23. The Balaban J connectivity index is 1.76. The highest BCUT2D eigenvalue weighted by Gasteiger charge is 2.17. The summed E-state index contributed by atoms with van der Waals surface area (Å²) >= 11 is 0. The maximum atomic E-state index is 12.7. The monoisotopic (exact) mass is 312 g/mol. The number of carbonyl (C=O) groups excluding carboxylic acids is 1. The molecule has 0 unspecified atom stereocenters. The van der Waals surface area contributed by atoms with Gasteiger partial charge in [-0.3, -0.25) is 9.48 Å². The highest BCUT2D eigenvalue weighted by molar-refractivity contribution is 5.94. The van der Waals surface area contributed by atoms with Gasteiger partial charge >= 0.3 is 0 Å². The summed E-state index contributed by atoms with van der Waals surface area (Å²) in [5.74, 6) is 0.129. The van der Waals surface area contributed by atoms with E-state index in [2.05, 4.69) is 29.5 Å². The molecule has 1 fully saturated rings. The Labute approximate surface area is 137 Å². The summed E-state index contributed by atoms with van der Waals surface area (Å²) in [7, 11) is 0. The first-order chi connectivity index (χ1) is 11.1. The van der Waals surface area contributed by atoms with Gasteiger partial charge in [0.15, 0.2) is 0 Å². The second-order valence-electron chi connectivity index (χ2n) is 6.18. The van der Waals surface area contributed by atoms with E-state index in [1.807, 2.05) is 34.7 Å². The van der Waals surface area contributed by atoms with Gasteiger partial charge in [-0.2, -0.15) is 5.10 Å². The summed E-state index contributed by atoms with van der Waals surface area (Å²) in [6, 6.07) is 9.99. The fourth-order valence-electron chi connectivity index (χ4n) is 3.04. The molecule has 0 atom stereocenters. The largest absolute Gasteiger partial charge is 0.337 e. The van der Waals surface area contributed by atoms with Crippen LogP contribution in [0, 0.1) is 13.8 Å². The van der Waals surface area contributed by atoms with Gasteiger partial charge in [-0.15, -0.1) is 0 Å². The highest BCUT2D eigenvalue weighted by atomic mass is 16.2. The maximum absolute atomic E-state index is 12.7. The van der Waals surface area contributed by atoms with E-state index < -0.39 is 0 Å². The molecule has 122 valence electrons. The number of hydrogen-bond donors (Lipinski definition) is 1. The fraction of sp³-hybridized carbons (Fsp3) is 0.444. The van der Waals surface area contributed by atoms with Gasteiger partial charge in [0, 0.05) is 30.9 Å². The molecule has 2 aromatic rings. The minimum atomic E-state index is 0.129. The van der Waals surface area contributed by atoms with Crippen molar-refractivity contribution in [3.63, 3.8) is 0 Å². The van der Waals surface area contributed by atoms with Gasteiger partial charge in [-0.1, -0.05) is 12.1 Å². The minimum Gasteiger partial charge on any atom is -0.337 e. The molecule has 0 saturated carbocycles. The van der Waals surface area contributed by atoms with Gasteiger partial charge in [-0.05, 0) is 50.6 Å². The van der Waals surface area contributed by atoms with Gasteiger partial charge < -0.3 is 10.2 Å². The van der Waals surface area contributed by atoms with Crippen LogP contribution >= 0.6 is 0 Å². The molecule has 3 rings (SSSR count). The van der Waals surface area contributed by atoms with Crippen LogP contribution in [0.5, 0.6) is 0 Å². The Morgan fingerprint density at radius 2 is 2.09 bits per heavy atom. The Bertz CT molecular complexity index is 684. The number of rotatable bonds is 3. The number of carbonyl (C=O) groups is 1. The van der Waals surface area contributed by atoms with Crippen LogP contribution in [0.3, 0.4) is 0 Å². The zero-order valence-electron chi connectivity index (χ0n) is 13.9. The van der Waals surface area contributed by atoms with Gasteiger partial charge in [0.1, 0.15) is 0 Å². The molecular formula is C18H24N4O. The van der Waals surface area contributed by atoms with Crippen molar-refractivity contribution < 1.29 is 4.79 Å². The lowest BCUT2D eigenvalue weighted by atomic mass is 10.1. The molecule has 1 aliphatic rings. The number of nitrogens with one attached hydrogen (secondary N) is 1. The molecule has 1 saturated heterocycles. The number of amides is 1. The zero-order valence-corrected chi connectivity index (χ0v) is 13.9. The van der Waals surface area contributed by atoms with Crippen molar-refractivity contribution in [2.45, 2.75) is 26.8 Å². The van der Waals surface area contributed by atoms with Crippen LogP contribution in [0.2, 0.25) is 0 Å². The predicted octanol–water partition coefficient (Wildman–Crippen LogP) is 1.98. The van der Waals surface area contributed by atoms with Crippen molar-refractivity contribution in [3.05, 3.63) is 52.8 Å². The second kappa shape index (κ2) is 6.96. The van der Waals surface area contributed by atoms with Crippen LogP contribution in [0.15, 0.2) is 30.3 Å². The second-order valence-corrected chi connectivity index (χ2v) is 6.18. The fourth-order valence-corrected chi connectivity index (χ4v) is 3.04. The number of hydrogen-bond acceptors (Lipinski definition) is 3. The van der Waals surface area contributed by atoms with Crippen LogP contribution in [0.25, 0.3) is 0 Å². The molecule has 5 nitrogen and oxygen atoms in total. The quantitative estimate of drug-likeness (QED) is 0.943. The third-order valence-corrected chi connectivity index (χ3v) is 4.24. The molecule has 0 spiro atoms. The van der Waals surface area contributed by atoms with Gasteiger partial charge in [-0.25, -0.2) is 0 Å². The molecule has 2 heterocycles. The topological polar surface area (TPSA) is 50.2 Å². The Hall–Kier alpha value is -2.14. The Morgan fingerprint density at radius 1 is 1.22 bits per heavy atom. The van der Waals surface area contributed by atoms with E-state index in [-0.39, 0.29) is 5.91 Å². The van der Waals surface area contributed by atoms with Crippen LogP contribution in [-0.2, 0) is 6.54 Å². The zero-order chi connectivity index (χ0) is 16.2. The number of aryl methyl sites for hydroxylation is 2. The molecule has 1 aliphatic heterocycles. The van der Waals surface area contributed by atoms with E-state index in [1.165, 1.54) is 0 Å². The molecule has 5 heteroatoms. The summed E-state index contributed by atoms with van der Waals surface area (Å²) in [5, 5.41) is 7.83. The average molecular weight is 312 g/mol. The summed E-state index contributed by atoms with van der Waals surface area (Å²) < 4.78 is 1.98. The lowest BCUT2D eigenvalue weighted by Gasteiger charge is -2.20. The summed E-state index contributed by atoms with van der Waals surface area (Å²) in [6.45, 7) is 8.21. The lowest BCUT2D eigenvalue weighted by Crippen LogP contribution is -2.34. The summed E-state index contributed by atoms with van der Waals surface area (Å²) in [6.07, 6.45) is 1.01. The maximum Gasteiger partial charge on any atom is 0.253 e. The number of aromatic nitrogens is 2. The van der Waals surface area contributed by atoms with Gasteiger partial charge in [0.25, 0.3) is 5.91 Å². The molecule has 0 radical (unpaired) electrons. The van der Waals surface area contributed by atoms with E-state index in [9.17, 15) is 4.79 Å². The molecule has 23 heavy (non-hydrogen) atoms. The van der Waals surface area contributed by atoms with Crippen molar-refractivity contribution >= 4 is 5.91 Å². The van der Waals surface area contributed by atoms with Crippen molar-refractivity contribution in [2.75, 3.05) is 26.2 Å². The molecule has 1 amide bonds. The van der Waals surface area contributed by atoms with E-state index >= 15 is 0 Å². The molecule has 1 aromatic carbocycles. The summed E-state index contributed by atoms with van der Waals surface area (Å²) in [5.41, 5.74) is 4.03. The normalized spacial score (nSPS) is 15.5. The van der Waals surface area contributed by atoms with Crippen LogP contribution in [0.4, 0.5) is 0 Å². The predicted molar refractivity (Wildman–Crippen MR) is 90.6 cm³/mol. The van der Waals surface area contributed by atoms with Crippen molar-refractivity contribution in [1.29, 1.82) is 0 Å². The first kappa shape index (κ1) is 15.7. The van der Waals surface area contributed by atoms with Crippen molar-refractivity contribution in [3.8, 4) is 0 Å². The third kappa shape index (κ3) is 3.79. The molecule has 1 aromatic heterocycles. The van der Waals surface area contributed by atoms with Gasteiger partial charge in [0.2, 0.25) is 0 Å². The highest BCUT2D eigenvalue weighted by Crippen LogP contribution is 2.12. The summed E-state index contributed by atoms with van der Waals surface area (Å²) in [4.78, 5) is 14.7. The molecule has 1 N–H and O–H groups in total. The lowest BCUT2D eigenvalue weighted by molar-refractivity contribution is 0.0766. The van der Waals surface area contributed by atoms with Crippen LogP contribution in [-0.4, -0.2) is 46.8 Å². The smallest absolute Gasteiger partial charge is 0.253 e. The molecular weight excluding hydrogens is 288 g/mol. The van der Waals surface area contributed by atoms with Crippen molar-refractivity contribution in [2.24, 2.45) is 0 Å². The standard InChI is InChI=1S/C18H24N4O/c1-14-11-15(2)22(20-14)13-16-5-3-6-17(12-16)18(23)21-9-4-7-19-8-10-21/h3,5-6,11-12,19H,4,7-10,13H2,1-2H3. The Kier molecular flexibility index (Phi) is 4.76. The van der Waals surface area contributed by atoms with Crippen LogP contribution < -0.4 is 5.32 Å². The van der Waals surface area contributed by atoms with E-state index in [0.717, 1.165) is 55.1 Å². The molecule has 0 aliphatic carbocycles. The molecule has 0 bridgehead atoms. The minimum absolute atomic E-state index is 0.129. The van der Waals surface area contributed by atoms with Gasteiger partial charge in [0.05, 0.1) is 12.2 Å². The SMILES string of the molecule is Cc1cc(C)n(Cc2cccc(C(=O)N3CCCNCC3)c2)n1. The number of nitrogens with zero attached hydrogens (tertiary/aromatic N) is 3. The van der Waals surface area contributed by atoms with E-state index in [0.29, 0.717) is 6.54 Å². The number of benzene rings is 1. The van der Waals surface area contributed by atoms with Crippen molar-refractivity contribution in [1.82, 2.24) is 20.0 Å². The third-order valence-electron chi connectivity index (χ3n) is 4.24.